The second kappa shape index (κ2) is 8.28. The first kappa shape index (κ1) is 19.0. The third kappa shape index (κ3) is 3.99. The lowest BCUT2D eigenvalue weighted by Crippen LogP contribution is -2.54. The second-order valence-corrected chi connectivity index (χ2v) is 6.54. The van der Waals surface area contributed by atoms with E-state index < -0.39 is 12.0 Å². The molecule has 1 fully saturated rings. The minimum atomic E-state index is -0.653. The van der Waals surface area contributed by atoms with Crippen molar-refractivity contribution in [3.05, 3.63) is 24.3 Å². The Kier molecular flexibility index (Phi) is 5.83. The van der Waals surface area contributed by atoms with Crippen molar-refractivity contribution < 1.29 is 14.3 Å². The zero-order valence-electron chi connectivity index (χ0n) is 16.1. The monoisotopic (exact) mass is 373 g/mol. The minimum Gasteiger partial charge on any atom is -0.464 e. The van der Waals surface area contributed by atoms with E-state index in [-0.39, 0.29) is 6.03 Å². The van der Waals surface area contributed by atoms with Crippen LogP contribution in [-0.4, -0.2) is 65.3 Å². The van der Waals surface area contributed by atoms with Gasteiger partial charge < -0.3 is 24.4 Å². The summed E-state index contributed by atoms with van der Waals surface area (Å²) in [5.74, 6) is 0.528. The summed E-state index contributed by atoms with van der Waals surface area (Å²) in [5.41, 5.74) is 2.11. The van der Waals surface area contributed by atoms with Gasteiger partial charge in [0.05, 0.1) is 17.6 Å². The number of para-hydroxylation sites is 2. The van der Waals surface area contributed by atoms with E-state index in [1.807, 2.05) is 18.2 Å². The molecule has 1 saturated heterocycles. The standard InChI is InChI=1S/C19H27N5O3/c1-4-24-16-9-7-6-8-15(16)21-18(24)22-10-12-23(13-11-22)19(26)20-14(3)17(25)27-5-2/h6-9,14H,4-5,10-13H2,1-3H3,(H,20,26)/t14-/m0/s1. The fourth-order valence-corrected chi connectivity index (χ4v) is 3.33. The van der Waals surface area contributed by atoms with Crippen molar-refractivity contribution in [1.29, 1.82) is 0 Å². The number of benzene rings is 1. The van der Waals surface area contributed by atoms with Crippen LogP contribution in [0.4, 0.5) is 10.7 Å². The number of hydrogen-bond donors (Lipinski definition) is 1. The Balaban J connectivity index is 1.62. The van der Waals surface area contributed by atoms with E-state index in [2.05, 4.69) is 27.8 Å². The predicted molar refractivity (Wildman–Crippen MR) is 104 cm³/mol. The number of esters is 1. The van der Waals surface area contributed by atoms with Gasteiger partial charge in [-0.1, -0.05) is 12.1 Å². The van der Waals surface area contributed by atoms with Crippen LogP contribution in [0.25, 0.3) is 11.0 Å². The molecule has 2 aromatic rings. The number of aryl methyl sites for hydroxylation is 1. The van der Waals surface area contributed by atoms with Gasteiger partial charge in [-0.2, -0.15) is 0 Å². The van der Waals surface area contributed by atoms with Gasteiger partial charge in [-0.3, -0.25) is 0 Å². The van der Waals surface area contributed by atoms with E-state index in [9.17, 15) is 9.59 Å². The Labute approximate surface area is 159 Å². The molecule has 1 atom stereocenters. The Hall–Kier alpha value is -2.77. The number of urea groups is 1. The molecule has 8 nitrogen and oxygen atoms in total. The molecule has 0 bridgehead atoms. The summed E-state index contributed by atoms with van der Waals surface area (Å²) >= 11 is 0. The summed E-state index contributed by atoms with van der Waals surface area (Å²) in [6.45, 7) is 9.19. The molecule has 2 heterocycles. The first-order valence-electron chi connectivity index (χ1n) is 9.47. The average molecular weight is 373 g/mol. The van der Waals surface area contributed by atoms with Crippen molar-refractivity contribution in [2.75, 3.05) is 37.7 Å². The molecule has 0 saturated carbocycles. The Morgan fingerprint density at radius 1 is 1.19 bits per heavy atom. The van der Waals surface area contributed by atoms with Crippen molar-refractivity contribution >= 4 is 29.0 Å². The summed E-state index contributed by atoms with van der Waals surface area (Å²) in [6, 6.07) is 7.22. The topological polar surface area (TPSA) is 79.7 Å². The van der Waals surface area contributed by atoms with E-state index >= 15 is 0 Å². The van der Waals surface area contributed by atoms with E-state index in [0.717, 1.165) is 23.5 Å². The summed E-state index contributed by atoms with van der Waals surface area (Å²) in [4.78, 5) is 32.8. The molecule has 0 unspecified atom stereocenters. The minimum absolute atomic E-state index is 0.237. The van der Waals surface area contributed by atoms with Crippen molar-refractivity contribution in [2.45, 2.75) is 33.4 Å². The number of nitrogens with zero attached hydrogens (tertiary/aromatic N) is 4. The molecular formula is C19H27N5O3. The van der Waals surface area contributed by atoms with Gasteiger partial charge in [-0.25, -0.2) is 14.6 Å². The third-order valence-electron chi connectivity index (χ3n) is 4.78. The van der Waals surface area contributed by atoms with E-state index in [0.29, 0.717) is 32.8 Å². The lowest BCUT2D eigenvalue weighted by molar-refractivity contribution is -0.144. The highest BCUT2D eigenvalue weighted by Gasteiger charge is 2.26. The van der Waals surface area contributed by atoms with Gasteiger partial charge in [0.25, 0.3) is 0 Å². The fourth-order valence-electron chi connectivity index (χ4n) is 3.33. The molecule has 0 aliphatic carbocycles. The smallest absolute Gasteiger partial charge is 0.328 e. The maximum Gasteiger partial charge on any atom is 0.328 e. The number of rotatable bonds is 5. The maximum absolute atomic E-state index is 12.4. The molecule has 0 spiro atoms. The number of nitrogens with one attached hydrogen (secondary N) is 1. The highest BCUT2D eigenvalue weighted by atomic mass is 16.5. The van der Waals surface area contributed by atoms with Crippen molar-refractivity contribution in [3.63, 3.8) is 0 Å². The molecule has 3 rings (SSSR count). The van der Waals surface area contributed by atoms with Crippen LogP contribution in [0.3, 0.4) is 0 Å². The number of carbonyl (C=O) groups is 2. The van der Waals surface area contributed by atoms with Crippen molar-refractivity contribution in [1.82, 2.24) is 19.8 Å². The quantitative estimate of drug-likeness (QED) is 0.809. The van der Waals surface area contributed by atoms with Gasteiger partial charge in [0.15, 0.2) is 0 Å². The largest absolute Gasteiger partial charge is 0.464 e. The third-order valence-corrected chi connectivity index (χ3v) is 4.78. The second-order valence-electron chi connectivity index (χ2n) is 6.54. The highest BCUT2D eigenvalue weighted by molar-refractivity contribution is 5.83. The molecule has 2 amide bonds. The van der Waals surface area contributed by atoms with Crippen molar-refractivity contribution in [2.24, 2.45) is 0 Å². The highest BCUT2D eigenvalue weighted by Crippen LogP contribution is 2.23. The first-order valence-corrected chi connectivity index (χ1v) is 9.47. The van der Waals surface area contributed by atoms with Crippen LogP contribution in [0.1, 0.15) is 20.8 Å². The molecular weight excluding hydrogens is 346 g/mol. The van der Waals surface area contributed by atoms with Crippen LogP contribution in [0.15, 0.2) is 24.3 Å². The summed E-state index contributed by atoms with van der Waals surface area (Å²) in [6.07, 6.45) is 0. The molecule has 146 valence electrons. The number of amides is 2. The number of piperazine rings is 1. The van der Waals surface area contributed by atoms with Crippen molar-refractivity contribution in [3.8, 4) is 0 Å². The number of hydrogen-bond acceptors (Lipinski definition) is 5. The molecule has 27 heavy (non-hydrogen) atoms. The van der Waals surface area contributed by atoms with Crippen LogP contribution in [-0.2, 0) is 16.1 Å². The summed E-state index contributed by atoms with van der Waals surface area (Å²) in [5, 5.41) is 2.71. The van der Waals surface area contributed by atoms with E-state index in [4.69, 9.17) is 9.72 Å². The number of anilines is 1. The lowest BCUT2D eigenvalue weighted by atomic mass is 10.3. The molecule has 1 aromatic heterocycles. The molecule has 1 N–H and O–H groups in total. The first-order chi connectivity index (χ1) is 13.0. The summed E-state index contributed by atoms with van der Waals surface area (Å²) < 4.78 is 7.13. The molecule has 1 aliphatic heterocycles. The van der Waals surface area contributed by atoms with Crippen LogP contribution >= 0.6 is 0 Å². The lowest BCUT2D eigenvalue weighted by Gasteiger charge is -2.35. The molecule has 0 radical (unpaired) electrons. The predicted octanol–water partition coefficient (Wildman–Crippen LogP) is 1.84. The number of ether oxygens (including phenoxy) is 1. The molecule has 1 aromatic carbocycles. The number of aromatic nitrogens is 2. The molecule has 8 heteroatoms. The van der Waals surface area contributed by atoms with Gasteiger partial charge in [0.1, 0.15) is 6.04 Å². The van der Waals surface area contributed by atoms with Crippen LogP contribution in [0, 0.1) is 0 Å². The van der Waals surface area contributed by atoms with Gasteiger partial charge in [0.2, 0.25) is 5.95 Å². The Bertz CT molecular complexity index is 811. The van der Waals surface area contributed by atoms with Gasteiger partial charge in [-0.05, 0) is 32.9 Å². The zero-order valence-corrected chi connectivity index (χ0v) is 16.1. The Morgan fingerprint density at radius 3 is 2.56 bits per heavy atom. The Morgan fingerprint density at radius 2 is 1.89 bits per heavy atom. The maximum atomic E-state index is 12.4. The fraction of sp³-hybridized carbons (Fsp3) is 0.526. The van der Waals surface area contributed by atoms with Gasteiger partial charge >= 0.3 is 12.0 Å². The number of imidazole rings is 1. The van der Waals surface area contributed by atoms with Crippen LogP contribution < -0.4 is 10.2 Å². The average Bonchev–Trinajstić information content (AvgIpc) is 3.06. The molecule has 1 aliphatic rings. The van der Waals surface area contributed by atoms with Crippen LogP contribution in [0.2, 0.25) is 0 Å². The van der Waals surface area contributed by atoms with Gasteiger partial charge in [-0.15, -0.1) is 0 Å². The normalized spacial score (nSPS) is 15.7. The van der Waals surface area contributed by atoms with E-state index in [1.54, 1.807) is 18.7 Å². The number of carbonyl (C=O) groups excluding carboxylic acids is 2. The van der Waals surface area contributed by atoms with Gasteiger partial charge in [0, 0.05) is 32.7 Å². The summed E-state index contributed by atoms with van der Waals surface area (Å²) in [7, 11) is 0. The SMILES string of the molecule is CCOC(=O)[C@H](C)NC(=O)N1CCN(c2nc3ccccc3n2CC)CC1. The van der Waals surface area contributed by atoms with E-state index in [1.165, 1.54) is 0 Å². The zero-order chi connectivity index (χ0) is 19.4. The number of fused-ring (bicyclic) bond motifs is 1. The van der Waals surface area contributed by atoms with Crippen LogP contribution in [0.5, 0.6) is 0 Å².